The van der Waals surface area contributed by atoms with Gasteiger partial charge in [-0.15, -0.1) is 0 Å². The fourth-order valence-corrected chi connectivity index (χ4v) is 5.33. The number of nitrogens with zero attached hydrogens (tertiary/aromatic N) is 1. The van der Waals surface area contributed by atoms with Gasteiger partial charge in [0.15, 0.2) is 0 Å². The molecule has 0 spiro atoms. The van der Waals surface area contributed by atoms with Crippen LogP contribution >= 0.6 is 0 Å². The summed E-state index contributed by atoms with van der Waals surface area (Å²) in [4.78, 5) is 18.8. The maximum atomic E-state index is 13.1. The normalized spacial score (nSPS) is 19.6. The molecule has 0 saturated carbocycles. The molecule has 2 aromatic carbocycles. The number of aryl methyl sites for hydroxylation is 1. The number of likely N-dealkylation sites (tertiary alicyclic amines) is 1. The number of hydrogen-bond acceptors (Lipinski definition) is 2. The summed E-state index contributed by atoms with van der Waals surface area (Å²) in [7, 11) is 1.71. The highest BCUT2D eigenvalue weighted by Gasteiger charge is 2.28. The average Bonchev–Trinajstić information content (AvgIpc) is 3.23. The molecule has 1 N–H and O–H groups in total. The minimum Gasteiger partial charge on any atom is -0.497 e. The second-order valence-corrected chi connectivity index (χ2v) is 8.83. The van der Waals surface area contributed by atoms with Crippen LogP contribution in [-0.4, -0.2) is 36.0 Å². The SMILES string of the molecule is COc1ccc2c(c1)CCCC2CC(=O)N1CCC(c2cc3ccccc3[nH]2)CC1. The van der Waals surface area contributed by atoms with Crippen LogP contribution in [0.1, 0.15) is 60.8 Å². The van der Waals surface area contributed by atoms with Gasteiger partial charge in [-0.25, -0.2) is 0 Å². The van der Waals surface area contributed by atoms with E-state index in [0.29, 0.717) is 24.2 Å². The van der Waals surface area contributed by atoms with Crippen LogP contribution < -0.4 is 4.74 Å². The molecule has 2 aliphatic rings. The van der Waals surface area contributed by atoms with Crippen molar-refractivity contribution in [2.75, 3.05) is 20.2 Å². The molecule has 2 heterocycles. The molecule has 3 aromatic rings. The lowest BCUT2D eigenvalue weighted by molar-refractivity contribution is -0.132. The number of amides is 1. The molecule has 1 aliphatic heterocycles. The maximum Gasteiger partial charge on any atom is 0.223 e. The lowest BCUT2D eigenvalue weighted by Crippen LogP contribution is -2.38. The van der Waals surface area contributed by atoms with Gasteiger partial charge in [0, 0.05) is 36.6 Å². The van der Waals surface area contributed by atoms with Crippen molar-refractivity contribution in [1.82, 2.24) is 9.88 Å². The van der Waals surface area contributed by atoms with Crippen molar-refractivity contribution in [1.29, 1.82) is 0 Å². The number of carbonyl (C=O) groups is 1. The van der Waals surface area contributed by atoms with Crippen LogP contribution in [0.15, 0.2) is 48.5 Å². The highest BCUT2D eigenvalue weighted by atomic mass is 16.5. The Morgan fingerprint density at radius 1 is 1.10 bits per heavy atom. The van der Waals surface area contributed by atoms with Gasteiger partial charge in [-0.05, 0) is 78.8 Å². The number of H-pyrrole nitrogens is 1. The second kappa shape index (κ2) is 8.17. The van der Waals surface area contributed by atoms with Crippen molar-refractivity contribution < 1.29 is 9.53 Å². The molecule has 0 bridgehead atoms. The molecular weight excluding hydrogens is 372 g/mol. The number of carbonyl (C=O) groups excluding carboxylic acids is 1. The van der Waals surface area contributed by atoms with Crippen molar-refractivity contribution in [3.05, 3.63) is 65.4 Å². The summed E-state index contributed by atoms with van der Waals surface area (Å²) < 4.78 is 5.38. The molecule has 5 rings (SSSR count). The fourth-order valence-electron chi connectivity index (χ4n) is 5.33. The van der Waals surface area contributed by atoms with E-state index in [4.69, 9.17) is 4.74 Å². The van der Waals surface area contributed by atoms with Gasteiger partial charge in [-0.3, -0.25) is 4.79 Å². The zero-order chi connectivity index (χ0) is 20.5. The number of rotatable bonds is 4. The molecule has 1 unspecified atom stereocenters. The van der Waals surface area contributed by atoms with Crippen LogP contribution in [-0.2, 0) is 11.2 Å². The van der Waals surface area contributed by atoms with Gasteiger partial charge in [0.05, 0.1) is 7.11 Å². The number of benzene rings is 2. The van der Waals surface area contributed by atoms with Crippen LogP contribution in [0, 0.1) is 0 Å². The largest absolute Gasteiger partial charge is 0.497 e. The van der Waals surface area contributed by atoms with Gasteiger partial charge in [0.2, 0.25) is 5.91 Å². The Balaban J connectivity index is 1.21. The van der Waals surface area contributed by atoms with Gasteiger partial charge in [0.1, 0.15) is 5.75 Å². The standard InChI is InChI=1S/C26H30N2O2/c1-30-22-9-10-23-19(15-22)6-4-7-20(23)17-26(29)28-13-11-18(12-14-28)25-16-21-5-2-3-8-24(21)27-25/h2-3,5,8-10,15-16,18,20,27H,4,6-7,11-14,17H2,1H3. The quantitative estimate of drug-likeness (QED) is 0.636. The molecule has 4 heteroatoms. The lowest BCUT2D eigenvalue weighted by atomic mass is 9.80. The van der Waals surface area contributed by atoms with E-state index < -0.39 is 0 Å². The molecule has 0 radical (unpaired) electrons. The van der Waals surface area contributed by atoms with E-state index >= 15 is 0 Å². The minimum atomic E-state index is 0.318. The van der Waals surface area contributed by atoms with Gasteiger partial charge in [-0.1, -0.05) is 24.3 Å². The van der Waals surface area contributed by atoms with E-state index in [-0.39, 0.29) is 0 Å². The maximum absolute atomic E-state index is 13.1. The predicted octanol–water partition coefficient (Wildman–Crippen LogP) is 5.39. The molecular formula is C26H30N2O2. The summed E-state index contributed by atoms with van der Waals surface area (Å²) in [5, 5.41) is 1.28. The molecule has 4 nitrogen and oxygen atoms in total. The van der Waals surface area contributed by atoms with Crippen molar-refractivity contribution in [2.45, 2.75) is 50.4 Å². The number of methoxy groups -OCH3 is 1. The third kappa shape index (κ3) is 3.71. The Morgan fingerprint density at radius 2 is 1.93 bits per heavy atom. The number of piperidine rings is 1. The zero-order valence-corrected chi connectivity index (χ0v) is 17.7. The molecule has 1 atom stereocenters. The molecule has 1 amide bonds. The number of para-hydroxylation sites is 1. The van der Waals surface area contributed by atoms with E-state index in [1.54, 1.807) is 7.11 Å². The Hall–Kier alpha value is -2.75. The van der Waals surface area contributed by atoms with E-state index in [0.717, 1.165) is 50.9 Å². The molecule has 1 aliphatic carbocycles. The van der Waals surface area contributed by atoms with Crippen LogP contribution in [0.5, 0.6) is 5.75 Å². The van der Waals surface area contributed by atoms with Crippen molar-refractivity contribution in [3.63, 3.8) is 0 Å². The van der Waals surface area contributed by atoms with Gasteiger partial charge in [0.25, 0.3) is 0 Å². The number of aromatic nitrogens is 1. The number of ether oxygens (including phenoxy) is 1. The first-order valence-electron chi connectivity index (χ1n) is 11.2. The van der Waals surface area contributed by atoms with Crippen LogP contribution in [0.4, 0.5) is 0 Å². The Kier molecular flexibility index (Phi) is 5.24. The summed E-state index contributed by atoms with van der Waals surface area (Å²) in [5.41, 5.74) is 5.23. The highest BCUT2D eigenvalue weighted by molar-refractivity contribution is 5.80. The van der Waals surface area contributed by atoms with Gasteiger partial charge >= 0.3 is 0 Å². The Morgan fingerprint density at radius 3 is 2.73 bits per heavy atom. The third-order valence-electron chi connectivity index (χ3n) is 7.05. The fraction of sp³-hybridized carbons (Fsp3) is 0.423. The summed E-state index contributed by atoms with van der Waals surface area (Å²) >= 11 is 0. The van der Waals surface area contributed by atoms with Gasteiger partial charge in [-0.2, -0.15) is 0 Å². The van der Waals surface area contributed by atoms with Crippen molar-refractivity contribution in [2.24, 2.45) is 0 Å². The average molecular weight is 403 g/mol. The zero-order valence-electron chi connectivity index (χ0n) is 17.7. The second-order valence-electron chi connectivity index (χ2n) is 8.83. The number of fused-ring (bicyclic) bond motifs is 2. The molecule has 156 valence electrons. The smallest absolute Gasteiger partial charge is 0.223 e. The third-order valence-corrected chi connectivity index (χ3v) is 7.05. The lowest BCUT2D eigenvalue weighted by Gasteiger charge is -2.33. The van der Waals surface area contributed by atoms with Crippen molar-refractivity contribution in [3.8, 4) is 5.75 Å². The topological polar surface area (TPSA) is 45.3 Å². The number of nitrogens with one attached hydrogen (secondary N) is 1. The highest BCUT2D eigenvalue weighted by Crippen LogP contribution is 2.37. The number of aromatic amines is 1. The molecule has 30 heavy (non-hydrogen) atoms. The van der Waals surface area contributed by atoms with Crippen LogP contribution in [0.3, 0.4) is 0 Å². The minimum absolute atomic E-state index is 0.318. The molecule has 1 saturated heterocycles. The predicted molar refractivity (Wildman–Crippen MR) is 120 cm³/mol. The van der Waals surface area contributed by atoms with Crippen LogP contribution in [0.25, 0.3) is 10.9 Å². The van der Waals surface area contributed by atoms with E-state index in [2.05, 4.69) is 52.3 Å². The monoisotopic (exact) mass is 402 g/mol. The first-order valence-corrected chi connectivity index (χ1v) is 11.2. The molecule has 1 fully saturated rings. The Labute approximate surface area is 178 Å². The van der Waals surface area contributed by atoms with E-state index in [1.807, 2.05) is 6.07 Å². The first-order chi connectivity index (χ1) is 14.7. The van der Waals surface area contributed by atoms with Crippen molar-refractivity contribution >= 4 is 16.8 Å². The van der Waals surface area contributed by atoms with E-state index in [9.17, 15) is 4.79 Å². The summed E-state index contributed by atoms with van der Waals surface area (Å²) in [5.74, 6) is 2.10. The van der Waals surface area contributed by atoms with Gasteiger partial charge < -0.3 is 14.6 Å². The van der Waals surface area contributed by atoms with E-state index in [1.165, 1.54) is 27.7 Å². The molecule has 1 aromatic heterocycles. The number of hydrogen-bond donors (Lipinski definition) is 1. The summed E-state index contributed by atoms with van der Waals surface area (Å²) in [6.45, 7) is 1.72. The Bertz CT molecular complexity index is 1010. The summed E-state index contributed by atoms with van der Waals surface area (Å²) in [6.07, 6.45) is 6.06. The first kappa shape index (κ1) is 19.2. The summed E-state index contributed by atoms with van der Waals surface area (Å²) in [6, 6.07) is 17.1. The van der Waals surface area contributed by atoms with Crippen LogP contribution in [0.2, 0.25) is 0 Å².